The van der Waals surface area contributed by atoms with Crippen molar-refractivity contribution in [3.8, 4) is 0 Å². The predicted molar refractivity (Wildman–Crippen MR) is 42.4 cm³/mol. The average molecular weight is 172 g/mol. The van der Waals surface area contributed by atoms with Crippen LogP contribution in [0.25, 0.3) is 0 Å². The fourth-order valence-corrected chi connectivity index (χ4v) is 1.77. The Labute approximate surface area is 71.4 Å². The molecule has 1 atom stereocenters. The van der Waals surface area contributed by atoms with E-state index in [9.17, 15) is 9.59 Å². The molecule has 1 saturated heterocycles. The first-order valence-electron chi connectivity index (χ1n) is 4.22. The summed E-state index contributed by atoms with van der Waals surface area (Å²) >= 11 is 0. The Morgan fingerprint density at radius 3 is 2.67 bits per heavy atom. The van der Waals surface area contributed by atoms with Gasteiger partial charge in [0.25, 0.3) is 0 Å². The lowest BCUT2D eigenvalue weighted by atomic mass is 10.4. The fourth-order valence-electron chi connectivity index (χ4n) is 1.77. The number of hydrogen-bond donors (Lipinski definition) is 1. The molecule has 4 heteroatoms. The van der Waals surface area contributed by atoms with Gasteiger partial charge in [-0.1, -0.05) is 0 Å². The largest absolute Gasteiger partial charge is 0.477 e. The molecule has 1 rings (SSSR count). The molecule has 12 heavy (non-hydrogen) atoms. The van der Waals surface area contributed by atoms with Gasteiger partial charge < -0.3 is 5.11 Å². The molecule has 0 aromatic heterocycles. The topological polar surface area (TPSA) is 54.4 Å². The van der Waals surface area contributed by atoms with Crippen LogP contribution in [0.4, 0.5) is 0 Å². The summed E-state index contributed by atoms with van der Waals surface area (Å²) in [7, 11) is 0. The summed E-state index contributed by atoms with van der Waals surface area (Å²) in [5.74, 6) is -0.799. The van der Waals surface area contributed by atoms with E-state index in [-0.39, 0.29) is 16.9 Å². The summed E-state index contributed by atoms with van der Waals surface area (Å²) in [4.78, 5) is 21.9. The zero-order valence-electron chi connectivity index (χ0n) is 7.25. The van der Waals surface area contributed by atoms with Crippen molar-refractivity contribution in [3.05, 3.63) is 0 Å². The van der Waals surface area contributed by atoms with Crippen molar-refractivity contribution < 1.29 is 19.2 Å². The number of amides is 1. The van der Waals surface area contributed by atoms with Crippen molar-refractivity contribution in [3.63, 3.8) is 0 Å². The Bertz CT molecular complexity index is 214. The molecular weight excluding hydrogens is 158 g/mol. The maximum atomic E-state index is 11.4. The molecule has 1 fully saturated rings. The van der Waals surface area contributed by atoms with Gasteiger partial charge in [0.15, 0.2) is 6.54 Å². The van der Waals surface area contributed by atoms with Gasteiger partial charge in [0, 0.05) is 6.42 Å². The molecule has 0 saturated carbocycles. The molecular formula is C8H14NO3+. The highest BCUT2D eigenvalue weighted by Crippen LogP contribution is 2.20. The number of carbonyl (C=O) groups is 2. The Kier molecular flexibility index (Phi) is 2.47. The second-order valence-corrected chi connectivity index (χ2v) is 3.23. The van der Waals surface area contributed by atoms with E-state index in [1.54, 1.807) is 0 Å². The van der Waals surface area contributed by atoms with Gasteiger partial charge in [-0.2, -0.15) is 0 Å². The van der Waals surface area contributed by atoms with Crippen LogP contribution < -0.4 is 0 Å². The van der Waals surface area contributed by atoms with E-state index >= 15 is 0 Å². The molecule has 1 aliphatic heterocycles. The third-order valence-corrected chi connectivity index (χ3v) is 2.55. The smallest absolute Gasteiger partial charge is 0.359 e. The van der Waals surface area contributed by atoms with Crippen molar-refractivity contribution in [2.24, 2.45) is 0 Å². The van der Waals surface area contributed by atoms with Gasteiger partial charge in [-0.05, 0) is 6.92 Å². The standard InChI is InChI=1S/C8H13NO3/c1-2-9(6-8(11)12)5-3-4-7(9)10/h2-6H2,1H3/p+1. The Morgan fingerprint density at radius 1 is 1.67 bits per heavy atom. The monoisotopic (exact) mass is 172 g/mol. The van der Waals surface area contributed by atoms with Crippen molar-refractivity contribution in [2.75, 3.05) is 19.6 Å². The van der Waals surface area contributed by atoms with E-state index in [0.717, 1.165) is 6.42 Å². The molecule has 4 nitrogen and oxygen atoms in total. The molecule has 68 valence electrons. The highest BCUT2D eigenvalue weighted by Gasteiger charge is 2.41. The molecule has 1 amide bonds. The van der Waals surface area contributed by atoms with Gasteiger partial charge in [0.2, 0.25) is 0 Å². The van der Waals surface area contributed by atoms with Crippen LogP contribution in [-0.4, -0.2) is 41.1 Å². The van der Waals surface area contributed by atoms with Gasteiger partial charge >= 0.3 is 11.9 Å². The predicted octanol–water partition coefficient (Wildman–Crippen LogP) is 0.228. The van der Waals surface area contributed by atoms with Crippen LogP contribution in [-0.2, 0) is 9.59 Å². The molecule has 1 aliphatic rings. The number of quaternary nitrogens is 1. The SMILES string of the molecule is CC[N+]1(CC(=O)O)CCCC1=O. The average Bonchev–Trinajstić information content (AvgIpc) is 2.32. The van der Waals surface area contributed by atoms with E-state index in [1.807, 2.05) is 6.92 Å². The van der Waals surface area contributed by atoms with Crippen molar-refractivity contribution in [1.29, 1.82) is 0 Å². The minimum absolute atomic E-state index is 0.0463. The lowest BCUT2D eigenvalue weighted by Gasteiger charge is -2.27. The molecule has 0 bridgehead atoms. The zero-order chi connectivity index (χ0) is 9.19. The molecule has 1 unspecified atom stereocenters. The van der Waals surface area contributed by atoms with E-state index < -0.39 is 5.97 Å². The van der Waals surface area contributed by atoms with Crippen LogP contribution in [0.1, 0.15) is 19.8 Å². The summed E-state index contributed by atoms with van der Waals surface area (Å²) in [6.45, 7) is 3.12. The van der Waals surface area contributed by atoms with E-state index in [4.69, 9.17) is 5.11 Å². The van der Waals surface area contributed by atoms with Gasteiger partial charge in [-0.3, -0.25) is 4.48 Å². The first-order valence-corrected chi connectivity index (χ1v) is 4.22. The number of hydrogen-bond acceptors (Lipinski definition) is 2. The third kappa shape index (κ3) is 1.48. The molecule has 0 spiro atoms. The minimum Gasteiger partial charge on any atom is -0.477 e. The Hall–Kier alpha value is -0.900. The Balaban J connectivity index is 2.74. The van der Waals surface area contributed by atoms with Crippen LogP contribution in [0.2, 0.25) is 0 Å². The number of likely N-dealkylation sites (N-methyl/N-ethyl adjacent to an activating group) is 1. The van der Waals surface area contributed by atoms with Crippen LogP contribution in [0.5, 0.6) is 0 Å². The van der Waals surface area contributed by atoms with Crippen molar-refractivity contribution >= 4 is 11.9 Å². The number of rotatable bonds is 3. The maximum absolute atomic E-state index is 11.4. The fraction of sp³-hybridized carbons (Fsp3) is 0.750. The van der Waals surface area contributed by atoms with E-state index in [0.29, 0.717) is 19.5 Å². The lowest BCUT2D eigenvalue weighted by Crippen LogP contribution is -2.51. The first-order chi connectivity index (χ1) is 5.60. The summed E-state index contributed by atoms with van der Waals surface area (Å²) in [5, 5.41) is 8.62. The maximum Gasteiger partial charge on any atom is 0.359 e. The number of likely N-dealkylation sites (tertiary alicyclic amines) is 1. The highest BCUT2D eigenvalue weighted by molar-refractivity contribution is 5.75. The summed E-state index contributed by atoms with van der Waals surface area (Å²) in [6, 6.07) is 0. The number of aliphatic carboxylic acids is 1. The second kappa shape index (κ2) is 3.23. The minimum atomic E-state index is -0.882. The van der Waals surface area contributed by atoms with Crippen LogP contribution in [0, 0.1) is 0 Å². The number of carboxylic acid groups (broad SMARTS) is 1. The molecule has 0 aromatic carbocycles. The summed E-state index contributed by atoms with van der Waals surface area (Å²) < 4.78 is 0.148. The third-order valence-electron chi connectivity index (χ3n) is 2.55. The molecule has 1 heterocycles. The normalized spacial score (nSPS) is 29.2. The van der Waals surface area contributed by atoms with Crippen molar-refractivity contribution in [2.45, 2.75) is 19.8 Å². The number of nitrogens with zero attached hydrogens (tertiary/aromatic N) is 1. The summed E-state index contributed by atoms with van der Waals surface area (Å²) in [5.41, 5.74) is 0. The molecule has 0 aromatic rings. The molecule has 0 radical (unpaired) electrons. The molecule has 0 aliphatic carbocycles. The number of carbonyl (C=O) groups excluding carboxylic acids is 1. The van der Waals surface area contributed by atoms with Gasteiger partial charge in [-0.15, -0.1) is 0 Å². The summed E-state index contributed by atoms with van der Waals surface area (Å²) in [6.07, 6.45) is 1.38. The highest BCUT2D eigenvalue weighted by atomic mass is 16.4. The lowest BCUT2D eigenvalue weighted by molar-refractivity contribution is -0.837. The van der Waals surface area contributed by atoms with Crippen LogP contribution in [0.15, 0.2) is 0 Å². The van der Waals surface area contributed by atoms with E-state index in [1.165, 1.54) is 0 Å². The van der Waals surface area contributed by atoms with Crippen molar-refractivity contribution in [1.82, 2.24) is 0 Å². The first kappa shape index (κ1) is 9.19. The number of carboxylic acids is 1. The van der Waals surface area contributed by atoms with Crippen LogP contribution >= 0.6 is 0 Å². The Morgan fingerprint density at radius 2 is 2.33 bits per heavy atom. The second-order valence-electron chi connectivity index (χ2n) is 3.23. The quantitative estimate of drug-likeness (QED) is 0.620. The van der Waals surface area contributed by atoms with Gasteiger partial charge in [0.05, 0.1) is 19.5 Å². The van der Waals surface area contributed by atoms with Gasteiger partial charge in [0.1, 0.15) is 0 Å². The van der Waals surface area contributed by atoms with Crippen LogP contribution in [0.3, 0.4) is 0 Å². The zero-order valence-corrected chi connectivity index (χ0v) is 7.25. The van der Waals surface area contributed by atoms with E-state index in [2.05, 4.69) is 0 Å². The van der Waals surface area contributed by atoms with Gasteiger partial charge in [-0.25, -0.2) is 9.59 Å². The molecule has 1 N–H and O–H groups in total.